The van der Waals surface area contributed by atoms with Crippen LogP contribution in [-0.2, 0) is 9.59 Å². The Bertz CT molecular complexity index is 827. The van der Waals surface area contributed by atoms with Gasteiger partial charge in [0.1, 0.15) is 37.8 Å². The van der Waals surface area contributed by atoms with Crippen molar-refractivity contribution in [2.75, 3.05) is 36.8 Å². The molecule has 2 aromatic rings. The van der Waals surface area contributed by atoms with Crippen molar-refractivity contribution in [2.45, 2.75) is 25.9 Å². The average molecular weight is 418 g/mol. The van der Waals surface area contributed by atoms with Gasteiger partial charge in [-0.25, -0.2) is 8.78 Å². The van der Waals surface area contributed by atoms with Crippen molar-refractivity contribution in [1.82, 2.24) is 0 Å². The van der Waals surface area contributed by atoms with Gasteiger partial charge < -0.3 is 20.4 Å². The molecule has 1 saturated heterocycles. The van der Waals surface area contributed by atoms with Crippen LogP contribution in [0, 0.1) is 11.6 Å². The van der Waals surface area contributed by atoms with E-state index in [2.05, 4.69) is 10.6 Å². The topological polar surface area (TPSA) is 67.1 Å². The summed E-state index contributed by atoms with van der Waals surface area (Å²) in [5.41, 5.74) is 0.355. The molecule has 0 spiro atoms. The lowest BCUT2D eigenvalue weighted by Crippen LogP contribution is -3.31. The highest BCUT2D eigenvalue weighted by atomic mass is 19.1. The van der Waals surface area contributed by atoms with Gasteiger partial charge in [0.25, 0.3) is 11.8 Å². The Kier molecular flexibility index (Phi) is 7.12. The van der Waals surface area contributed by atoms with Crippen molar-refractivity contribution in [1.29, 1.82) is 0 Å². The zero-order valence-electron chi connectivity index (χ0n) is 17.2. The summed E-state index contributed by atoms with van der Waals surface area (Å²) in [6, 6.07) is 11.5. The smallest absolute Gasteiger partial charge is 0.282 e. The summed E-state index contributed by atoms with van der Waals surface area (Å²) in [6.45, 7) is 6.48. The molecule has 1 aliphatic heterocycles. The first-order valence-electron chi connectivity index (χ1n) is 10.2. The molecule has 2 amide bonds. The van der Waals surface area contributed by atoms with Gasteiger partial charge >= 0.3 is 0 Å². The second kappa shape index (κ2) is 9.77. The summed E-state index contributed by atoms with van der Waals surface area (Å²) in [7, 11) is 0. The lowest BCUT2D eigenvalue weighted by molar-refractivity contribution is -1.02. The predicted octanol–water partition coefficient (Wildman–Crippen LogP) is 0.102. The second-order valence-electron chi connectivity index (χ2n) is 7.70. The monoisotopic (exact) mass is 418 g/mol. The van der Waals surface area contributed by atoms with E-state index in [4.69, 9.17) is 0 Å². The average Bonchev–Trinajstić information content (AvgIpc) is 2.76. The van der Waals surface area contributed by atoms with Crippen LogP contribution in [0.25, 0.3) is 0 Å². The van der Waals surface area contributed by atoms with Gasteiger partial charge in [0.15, 0.2) is 12.1 Å². The van der Waals surface area contributed by atoms with Gasteiger partial charge in [-0.15, -0.1) is 0 Å². The third-order valence-corrected chi connectivity index (χ3v) is 5.81. The van der Waals surface area contributed by atoms with E-state index in [1.165, 1.54) is 24.3 Å². The molecule has 0 bridgehead atoms. The number of rotatable bonds is 6. The highest BCUT2D eigenvalue weighted by molar-refractivity contribution is 5.94. The van der Waals surface area contributed by atoms with Gasteiger partial charge in [0.05, 0.1) is 11.4 Å². The quantitative estimate of drug-likeness (QED) is 0.538. The van der Waals surface area contributed by atoms with E-state index < -0.39 is 11.6 Å². The molecular weight excluding hydrogens is 390 g/mol. The molecule has 0 radical (unpaired) electrons. The van der Waals surface area contributed by atoms with Gasteiger partial charge in [-0.05, 0) is 38.1 Å². The number of hydrogen-bond donors (Lipinski definition) is 4. The molecule has 0 saturated carbocycles. The zero-order chi connectivity index (χ0) is 21.7. The molecule has 0 aliphatic carbocycles. The van der Waals surface area contributed by atoms with Crippen molar-refractivity contribution >= 4 is 23.2 Å². The fraction of sp³-hybridized carbons (Fsp3) is 0.364. The van der Waals surface area contributed by atoms with Crippen molar-refractivity contribution < 1.29 is 28.2 Å². The summed E-state index contributed by atoms with van der Waals surface area (Å²) in [6.07, 6.45) is 0. The maximum Gasteiger partial charge on any atom is 0.282 e. The van der Waals surface area contributed by atoms with Gasteiger partial charge in [-0.3, -0.25) is 9.59 Å². The molecule has 8 heteroatoms. The molecule has 6 nitrogen and oxygen atoms in total. The molecule has 1 fully saturated rings. The summed E-state index contributed by atoms with van der Waals surface area (Å²) in [4.78, 5) is 27.2. The molecule has 2 aromatic carbocycles. The predicted molar refractivity (Wildman–Crippen MR) is 110 cm³/mol. The van der Waals surface area contributed by atoms with Crippen molar-refractivity contribution in [3.8, 4) is 0 Å². The lowest BCUT2D eigenvalue weighted by atomic mass is 10.1. The van der Waals surface area contributed by atoms with Crippen LogP contribution in [0.5, 0.6) is 0 Å². The summed E-state index contributed by atoms with van der Waals surface area (Å²) in [5, 5.41) is 5.30. The number of benzene rings is 2. The van der Waals surface area contributed by atoms with E-state index in [1.807, 2.05) is 13.8 Å². The van der Waals surface area contributed by atoms with Gasteiger partial charge in [-0.2, -0.15) is 0 Å². The molecule has 160 valence electrons. The molecule has 4 N–H and O–H groups in total. The Labute approximate surface area is 174 Å². The van der Waals surface area contributed by atoms with E-state index in [0.29, 0.717) is 26.2 Å². The van der Waals surface area contributed by atoms with Crippen molar-refractivity contribution in [3.05, 3.63) is 60.2 Å². The van der Waals surface area contributed by atoms with Gasteiger partial charge in [-0.1, -0.05) is 24.3 Å². The Morgan fingerprint density at radius 2 is 1.07 bits per heavy atom. The van der Waals surface area contributed by atoms with Crippen LogP contribution in [-0.4, -0.2) is 50.1 Å². The molecule has 30 heavy (non-hydrogen) atoms. The Morgan fingerprint density at radius 1 is 0.733 bits per heavy atom. The van der Waals surface area contributed by atoms with E-state index in [1.54, 1.807) is 24.3 Å². The molecule has 2 atom stereocenters. The number of hydrogen-bond acceptors (Lipinski definition) is 2. The third kappa shape index (κ3) is 5.20. The van der Waals surface area contributed by atoms with Crippen LogP contribution in [0.1, 0.15) is 13.8 Å². The number of piperazine rings is 1. The highest BCUT2D eigenvalue weighted by Crippen LogP contribution is 2.13. The van der Waals surface area contributed by atoms with E-state index in [9.17, 15) is 18.4 Å². The minimum Gasteiger partial charge on any atom is -0.318 e. The van der Waals surface area contributed by atoms with Gasteiger partial charge in [0, 0.05) is 0 Å². The lowest BCUT2D eigenvalue weighted by Gasteiger charge is -2.34. The third-order valence-electron chi connectivity index (χ3n) is 5.81. The number of carbonyl (C=O) groups excluding carboxylic acids is 2. The Morgan fingerprint density at radius 3 is 1.40 bits per heavy atom. The summed E-state index contributed by atoms with van der Waals surface area (Å²) >= 11 is 0. The minimum atomic E-state index is -0.461. The van der Waals surface area contributed by atoms with Crippen LogP contribution in [0.4, 0.5) is 20.2 Å². The maximum absolute atomic E-state index is 13.8. The van der Waals surface area contributed by atoms with Crippen LogP contribution in [0.3, 0.4) is 0 Å². The number of quaternary nitrogens is 2. The van der Waals surface area contributed by atoms with Gasteiger partial charge in [0.2, 0.25) is 0 Å². The Balaban J connectivity index is 1.51. The SMILES string of the molecule is CC(C(=O)Nc1ccccc1F)[NH+]1CC[NH+](C(C)C(=O)Nc2ccccc2F)CC1. The van der Waals surface area contributed by atoms with Crippen LogP contribution < -0.4 is 20.4 Å². The summed E-state index contributed by atoms with van der Waals surface area (Å²) < 4.78 is 27.5. The molecule has 3 rings (SSSR count). The number of nitrogens with one attached hydrogen (secondary N) is 4. The minimum absolute atomic E-state index is 0.177. The van der Waals surface area contributed by atoms with Crippen molar-refractivity contribution in [2.24, 2.45) is 0 Å². The normalized spacial score (nSPS) is 20.8. The number of amides is 2. The molecule has 2 unspecified atom stereocenters. The summed E-state index contributed by atoms with van der Waals surface area (Å²) in [5.74, 6) is -1.39. The Hall–Kier alpha value is -2.84. The molecular formula is C22H28F2N4O2+2. The first-order valence-corrected chi connectivity index (χ1v) is 10.2. The molecule has 1 heterocycles. The van der Waals surface area contributed by atoms with Crippen molar-refractivity contribution in [3.63, 3.8) is 0 Å². The fourth-order valence-electron chi connectivity index (χ4n) is 3.74. The fourth-order valence-corrected chi connectivity index (χ4v) is 3.74. The number of para-hydroxylation sites is 2. The van der Waals surface area contributed by atoms with Crippen LogP contribution >= 0.6 is 0 Å². The number of anilines is 2. The van der Waals surface area contributed by atoms with E-state index in [0.717, 1.165) is 9.80 Å². The number of carbonyl (C=O) groups is 2. The maximum atomic E-state index is 13.8. The van der Waals surface area contributed by atoms with Crippen LogP contribution in [0.15, 0.2) is 48.5 Å². The first kappa shape index (κ1) is 21.9. The first-order chi connectivity index (χ1) is 14.4. The highest BCUT2D eigenvalue weighted by Gasteiger charge is 2.35. The zero-order valence-corrected chi connectivity index (χ0v) is 17.2. The number of halogens is 2. The molecule has 0 aromatic heterocycles. The largest absolute Gasteiger partial charge is 0.318 e. The molecule has 1 aliphatic rings. The standard InChI is InChI=1S/C22H26F2N4O2/c1-15(21(29)25-19-9-5-3-7-17(19)23)27-11-13-28(14-12-27)16(2)22(30)26-20-10-6-4-8-18(20)24/h3-10,15-16H,11-14H2,1-2H3,(H,25,29)(H,26,30)/p+2. The van der Waals surface area contributed by atoms with Crippen LogP contribution in [0.2, 0.25) is 0 Å². The van der Waals surface area contributed by atoms with E-state index in [-0.39, 0.29) is 35.3 Å². The van der Waals surface area contributed by atoms with E-state index >= 15 is 0 Å². The second-order valence-corrected chi connectivity index (χ2v) is 7.70.